The minimum absolute atomic E-state index is 0.0861. The number of allylic oxidation sites excluding steroid dienone is 15. The van der Waals surface area contributed by atoms with Gasteiger partial charge in [0.2, 0.25) is 5.91 Å². The minimum atomic E-state index is -1.64. The molecule has 8 unspecified atom stereocenters. The smallest absolute Gasteiger partial charge is 0.306 e. The maximum atomic E-state index is 13.3. The maximum Gasteiger partial charge on any atom is 0.306 e. The molecule has 1 aliphatic rings. The predicted octanol–water partition coefficient (Wildman–Crippen LogP) is 12.4. The summed E-state index contributed by atoms with van der Waals surface area (Å²) >= 11 is 0. The maximum absolute atomic E-state index is 13.3. The van der Waals surface area contributed by atoms with Gasteiger partial charge in [-0.3, -0.25) is 9.59 Å². The first-order chi connectivity index (χ1) is 34.7. The zero-order chi connectivity index (χ0) is 51.8. The van der Waals surface area contributed by atoms with E-state index in [9.17, 15) is 35.1 Å². The molecule has 1 heterocycles. The summed E-state index contributed by atoms with van der Waals surface area (Å²) in [5.74, 6) is -1.29. The van der Waals surface area contributed by atoms with Crippen LogP contribution in [-0.2, 0) is 23.8 Å². The molecule has 6 N–H and O–H groups in total. The van der Waals surface area contributed by atoms with Crippen molar-refractivity contribution in [1.29, 1.82) is 0 Å². The Morgan fingerprint density at radius 3 is 1.55 bits per heavy atom. The molecule has 0 saturated carbocycles. The largest absolute Gasteiger partial charge is 0.454 e. The van der Waals surface area contributed by atoms with Gasteiger partial charge in [0.25, 0.3) is 0 Å². The van der Waals surface area contributed by atoms with E-state index < -0.39 is 67.4 Å². The van der Waals surface area contributed by atoms with Crippen molar-refractivity contribution in [3.05, 3.63) is 97.2 Å². The first-order valence-electron chi connectivity index (χ1n) is 28.0. The molecule has 0 aromatic carbocycles. The topological polar surface area (TPSA) is 175 Å². The molecule has 0 radical (unpaired) electrons. The van der Waals surface area contributed by atoms with E-state index in [0.29, 0.717) is 12.8 Å². The van der Waals surface area contributed by atoms with Gasteiger partial charge in [0.15, 0.2) is 12.4 Å². The van der Waals surface area contributed by atoms with Gasteiger partial charge in [-0.25, -0.2) is 0 Å². The Kier molecular flexibility index (Phi) is 44.0. The van der Waals surface area contributed by atoms with E-state index in [4.69, 9.17) is 14.2 Å². The lowest BCUT2D eigenvalue weighted by Gasteiger charge is -2.41. The van der Waals surface area contributed by atoms with E-state index in [1.165, 1.54) is 64.2 Å². The van der Waals surface area contributed by atoms with E-state index in [-0.39, 0.29) is 19.4 Å². The molecule has 1 saturated heterocycles. The zero-order valence-corrected chi connectivity index (χ0v) is 44.6. The number of aliphatic hydroxyl groups is 5. The summed E-state index contributed by atoms with van der Waals surface area (Å²) in [5, 5.41) is 56.7. The van der Waals surface area contributed by atoms with Crippen molar-refractivity contribution < 1.29 is 49.3 Å². The van der Waals surface area contributed by atoms with Crippen LogP contribution in [0.5, 0.6) is 0 Å². The molecule has 0 aliphatic carbocycles. The standard InChI is InChI=1S/C60H101NO10/c1-4-7-10-13-16-19-22-25-27-28-29-32-35-38-41-44-47-53(64)59(68)61-51(52(63)46-43-40-37-34-31-24-21-18-15-12-9-6-3)50-69-60-58(57(67)56(66)54(49-62)70-60)71-55(65)48-45-42-39-36-33-30-26-23-20-17-14-11-8-5-2/h8,11,16-17,19-20,25-27,29-30,32,38,41,43,46,51-54,56-58,60,62-64,66-67H,4-7,9-10,12-15,18,21-24,28,31,33-37,39-40,42,44-45,47-50H2,1-3H3,(H,61,68)/b11-8+,19-16-,20-17+,27-25-,30-26+,32-29-,41-38-,46-43+. The number of nitrogens with one attached hydrogen (secondary N) is 1. The van der Waals surface area contributed by atoms with Crippen molar-refractivity contribution in [1.82, 2.24) is 5.32 Å². The second kappa shape index (κ2) is 47.6. The second-order valence-electron chi connectivity index (χ2n) is 18.9. The van der Waals surface area contributed by atoms with E-state index >= 15 is 0 Å². The third kappa shape index (κ3) is 36.2. The Morgan fingerprint density at radius 2 is 1.01 bits per heavy atom. The van der Waals surface area contributed by atoms with Gasteiger partial charge in [0.05, 0.1) is 25.4 Å². The number of hydrogen-bond donors (Lipinski definition) is 6. The third-order valence-corrected chi connectivity index (χ3v) is 12.5. The van der Waals surface area contributed by atoms with Gasteiger partial charge in [0, 0.05) is 6.42 Å². The van der Waals surface area contributed by atoms with Gasteiger partial charge in [0.1, 0.15) is 24.4 Å². The molecule has 1 rings (SSSR count). The summed E-state index contributed by atoms with van der Waals surface area (Å²) < 4.78 is 17.5. The molecule has 71 heavy (non-hydrogen) atoms. The first kappa shape index (κ1) is 65.6. The Balaban J connectivity index is 2.81. The van der Waals surface area contributed by atoms with Gasteiger partial charge < -0.3 is 45.1 Å². The van der Waals surface area contributed by atoms with Crippen LogP contribution in [0.3, 0.4) is 0 Å². The van der Waals surface area contributed by atoms with Crippen LogP contribution in [-0.4, -0.2) is 99.6 Å². The first-order valence-corrected chi connectivity index (χ1v) is 28.0. The fourth-order valence-electron chi connectivity index (χ4n) is 8.01. The molecule has 0 bridgehead atoms. The zero-order valence-electron chi connectivity index (χ0n) is 44.6. The lowest BCUT2D eigenvalue weighted by molar-refractivity contribution is -0.305. The number of carbonyl (C=O) groups is 2. The third-order valence-electron chi connectivity index (χ3n) is 12.5. The number of rotatable bonds is 45. The van der Waals surface area contributed by atoms with Crippen molar-refractivity contribution in [2.24, 2.45) is 0 Å². The summed E-state index contributed by atoms with van der Waals surface area (Å²) in [7, 11) is 0. The van der Waals surface area contributed by atoms with E-state index in [0.717, 1.165) is 96.3 Å². The fourth-order valence-corrected chi connectivity index (χ4v) is 8.01. The van der Waals surface area contributed by atoms with Crippen LogP contribution in [0.25, 0.3) is 0 Å². The molecule has 0 aromatic rings. The lowest BCUT2D eigenvalue weighted by Crippen LogP contribution is -2.61. The van der Waals surface area contributed by atoms with Crippen LogP contribution in [0, 0.1) is 0 Å². The number of aliphatic hydroxyl groups excluding tert-OH is 5. The van der Waals surface area contributed by atoms with Crippen molar-refractivity contribution in [3.63, 3.8) is 0 Å². The molecule has 11 nitrogen and oxygen atoms in total. The number of amides is 1. The van der Waals surface area contributed by atoms with Crippen LogP contribution in [0.4, 0.5) is 0 Å². The average molecular weight is 996 g/mol. The summed E-state index contributed by atoms with van der Waals surface area (Å²) in [6.45, 7) is 5.56. The van der Waals surface area contributed by atoms with Crippen LogP contribution in [0.1, 0.15) is 207 Å². The monoisotopic (exact) mass is 996 g/mol. The van der Waals surface area contributed by atoms with Crippen LogP contribution in [0.15, 0.2) is 97.2 Å². The molecule has 1 amide bonds. The number of carbonyl (C=O) groups excluding carboxylic acids is 2. The Morgan fingerprint density at radius 1 is 0.563 bits per heavy atom. The Bertz CT molecular complexity index is 1520. The Labute approximate surface area is 431 Å². The molecule has 0 spiro atoms. The van der Waals surface area contributed by atoms with Gasteiger partial charge in [-0.1, -0.05) is 201 Å². The summed E-state index contributed by atoms with van der Waals surface area (Å²) in [4.78, 5) is 26.4. The fraction of sp³-hybridized carbons (Fsp3) is 0.700. The van der Waals surface area contributed by atoms with Gasteiger partial charge in [-0.05, 0) is 96.3 Å². The number of hydrogen-bond acceptors (Lipinski definition) is 10. The van der Waals surface area contributed by atoms with E-state index in [1.54, 1.807) is 6.08 Å². The molecule has 11 heteroatoms. The lowest BCUT2D eigenvalue weighted by atomic mass is 9.99. The van der Waals surface area contributed by atoms with Gasteiger partial charge in [-0.15, -0.1) is 0 Å². The van der Waals surface area contributed by atoms with Crippen molar-refractivity contribution in [3.8, 4) is 0 Å². The highest BCUT2D eigenvalue weighted by molar-refractivity contribution is 5.80. The second-order valence-corrected chi connectivity index (χ2v) is 18.9. The molecule has 8 atom stereocenters. The summed E-state index contributed by atoms with van der Waals surface area (Å²) in [6, 6.07) is -1.06. The molecule has 1 fully saturated rings. The minimum Gasteiger partial charge on any atom is -0.454 e. The van der Waals surface area contributed by atoms with Crippen molar-refractivity contribution >= 4 is 11.9 Å². The summed E-state index contributed by atoms with van der Waals surface area (Å²) in [5.41, 5.74) is 0. The molecular formula is C60H101NO10. The number of unbranched alkanes of at least 4 members (excludes halogenated alkanes) is 17. The highest BCUT2D eigenvalue weighted by Gasteiger charge is 2.47. The number of esters is 1. The Hall–Kier alpha value is -3.42. The SMILES string of the molecule is CC/C=C/C/C=C/C/C=C/CCCCCCC(=O)OC1C(OCC(NC(=O)C(O)CC/C=C\C/C=C\C/C=C\C/C=C\CCCCC)C(O)/C=C/CCCCCCCCCCCC)OC(CO)C(O)C1O. The van der Waals surface area contributed by atoms with Crippen LogP contribution < -0.4 is 5.32 Å². The van der Waals surface area contributed by atoms with Gasteiger partial charge >= 0.3 is 5.97 Å². The predicted molar refractivity (Wildman–Crippen MR) is 292 cm³/mol. The highest BCUT2D eigenvalue weighted by atomic mass is 16.7. The highest BCUT2D eigenvalue weighted by Crippen LogP contribution is 2.26. The van der Waals surface area contributed by atoms with Crippen molar-refractivity contribution in [2.75, 3.05) is 13.2 Å². The van der Waals surface area contributed by atoms with E-state index in [2.05, 4.69) is 99.0 Å². The average Bonchev–Trinajstić information content (AvgIpc) is 3.37. The van der Waals surface area contributed by atoms with Crippen LogP contribution in [0.2, 0.25) is 0 Å². The normalized spacial score (nSPS) is 20.4. The van der Waals surface area contributed by atoms with E-state index in [1.807, 2.05) is 18.2 Å². The molecule has 0 aromatic heterocycles. The molecule has 406 valence electrons. The summed E-state index contributed by atoms with van der Waals surface area (Å²) in [6.07, 6.45) is 51.7. The quantitative estimate of drug-likeness (QED) is 0.0196. The van der Waals surface area contributed by atoms with Crippen molar-refractivity contribution in [2.45, 2.75) is 256 Å². The number of ether oxygens (including phenoxy) is 3. The molecular weight excluding hydrogens is 895 g/mol. The molecule has 1 aliphatic heterocycles. The van der Waals surface area contributed by atoms with Crippen LogP contribution >= 0.6 is 0 Å². The van der Waals surface area contributed by atoms with Gasteiger partial charge in [-0.2, -0.15) is 0 Å².